The van der Waals surface area contributed by atoms with Crippen LogP contribution in [0.3, 0.4) is 0 Å². The first-order chi connectivity index (χ1) is 12.1. The van der Waals surface area contributed by atoms with Gasteiger partial charge in [0, 0.05) is 17.7 Å². The summed E-state index contributed by atoms with van der Waals surface area (Å²) >= 11 is 6.26. The van der Waals surface area contributed by atoms with Gasteiger partial charge in [-0.1, -0.05) is 66.2 Å². The lowest BCUT2D eigenvalue weighted by Gasteiger charge is -2.14. The number of rotatable bonds is 5. The number of hydrogen-bond acceptors (Lipinski definition) is 3. The predicted octanol–water partition coefficient (Wildman–Crippen LogP) is 4.69. The van der Waals surface area contributed by atoms with E-state index in [1.165, 1.54) is 0 Å². The van der Waals surface area contributed by atoms with Gasteiger partial charge in [-0.25, -0.2) is 4.98 Å². The number of hydrogen-bond donors (Lipinski definition) is 0. The van der Waals surface area contributed by atoms with Gasteiger partial charge in [-0.15, -0.1) is 0 Å². The minimum atomic E-state index is -0.169. The van der Waals surface area contributed by atoms with E-state index in [4.69, 9.17) is 11.6 Å². The summed E-state index contributed by atoms with van der Waals surface area (Å²) < 4.78 is 0. The third kappa shape index (κ3) is 3.95. The fourth-order valence-electron chi connectivity index (χ4n) is 2.73. The van der Waals surface area contributed by atoms with Crippen LogP contribution >= 0.6 is 11.6 Å². The van der Waals surface area contributed by atoms with Crippen molar-refractivity contribution in [2.75, 3.05) is 14.1 Å². The SMILES string of the molecule is CN(C)Cc1ccccc1-c1ccc(Cl)c(C(=O)c2ccccc2)n1. The van der Waals surface area contributed by atoms with Gasteiger partial charge in [0.25, 0.3) is 0 Å². The zero-order valence-corrected chi connectivity index (χ0v) is 15.0. The van der Waals surface area contributed by atoms with E-state index in [9.17, 15) is 4.79 Å². The Bertz CT molecular complexity index is 891. The molecule has 0 aliphatic heterocycles. The Kier molecular flexibility index (Phi) is 5.27. The lowest BCUT2D eigenvalue weighted by atomic mass is 10.0. The van der Waals surface area contributed by atoms with Crippen molar-refractivity contribution >= 4 is 17.4 Å². The smallest absolute Gasteiger partial charge is 0.212 e. The van der Waals surface area contributed by atoms with Crippen molar-refractivity contribution in [2.45, 2.75) is 6.54 Å². The van der Waals surface area contributed by atoms with Crippen LogP contribution in [0.15, 0.2) is 66.7 Å². The fraction of sp³-hybridized carbons (Fsp3) is 0.143. The summed E-state index contributed by atoms with van der Waals surface area (Å²) in [6, 6.07) is 20.8. The van der Waals surface area contributed by atoms with Crippen molar-refractivity contribution in [1.29, 1.82) is 0 Å². The van der Waals surface area contributed by atoms with Crippen molar-refractivity contribution in [3.8, 4) is 11.3 Å². The maximum atomic E-state index is 12.8. The zero-order valence-electron chi connectivity index (χ0n) is 14.2. The molecule has 0 aliphatic rings. The van der Waals surface area contributed by atoms with Gasteiger partial charge < -0.3 is 4.90 Å². The molecule has 0 amide bonds. The van der Waals surface area contributed by atoms with Crippen LogP contribution < -0.4 is 0 Å². The summed E-state index contributed by atoms with van der Waals surface area (Å²) in [5.41, 5.74) is 3.78. The summed E-state index contributed by atoms with van der Waals surface area (Å²) in [6.07, 6.45) is 0. The van der Waals surface area contributed by atoms with Gasteiger partial charge in [0.2, 0.25) is 5.78 Å². The number of aromatic nitrogens is 1. The summed E-state index contributed by atoms with van der Waals surface area (Å²) in [6.45, 7) is 0.794. The van der Waals surface area contributed by atoms with Gasteiger partial charge in [0.1, 0.15) is 5.69 Å². The minimum absolute atomic E-state index is 0.169. The Morgan fingerprint density at radius 2 is 1.64 bits per heavy atom. The van der Waals surface area contributed by atoms with E-state index in [0.717, 1.165) is 23.4 Å². The van der Waals surface area contributed by atoms with Crippen molar-refractivity contribution in [3.05, 3.63) is 88.6 Å². The predicted molar refractivity (Wildman–Crippen MR) is 102 cm³/mol. The first-order valence-electron chi connectivity index (χ1n) is 8.05. The number of carbonyl (C=O) groups excluding carboxylic acids is 1. The molecule has 25 heavy (non-hydrogen) atoms. The van der Waals surface area contributed by atoms with Gasteiger partial charge >= 0.3 is 0 Å². The van der Waals surface area contributed by atoms with E-state index in [0.29, 0.717) is 10.6 Å². The normalized spacial score (nSPS) is 10.9. The fourth-order valence-corrected chi connectivity index (χ4v) is 2.92. The van der Waals surface area contributed by atoms with E-state index >= 15 is 0 Å². The number of halogens is 1. The van der Waals surface area contributed by atoms with Crippen LogP contribution in [-0.4, -0.2) is 29.8 Å². The molecule has 3 nitrogen and oxygen atoms in total. The molecule has 4 heteroatoms. The van der Waals surface area contributed by atoms with Crippen LogP contribution in [-0.2, 0) is 6.54 Å². The van der Waals surface area contributed by atoms with E-state index < -0.39 is 0 Å². The van der Waals surface area contributed by atoms with Crippen molar-refractivity contribution in [3.63, 3.8) is 0 Å². The quantitative estimate of drug-likeness (QED) is 0.625. The Balaban J connectivity index is 2.05. The second kappa shape index (κ2) is 7.60. The van der Waals surface area contributed by atoms with Crippen molar-refractivity contribution < 1.29 is 4.79 Å². The molecule has 1 heterocycles. The molecule has 0 saturated heterocycles. The monoisotopic (exact) mass is 350 g/mol. The molecule has 2 aromatic carbocycles. The van der Waals surface area contributed by atoms with E-state index in [1.54, 1.807) is 18.2 Å². The minimum Gasteiger partial charge on any atom is -0.305 e. The van der Waals surface area contributed by atoms with Crippen LogP contribution in [0.1, 0.15) is 21.6 Å². The molecule has 0 N–H and O–H groups in total. The molecule has 0 fully saturated rings. The molecule has 0 spiro atoms. The van der Waals surface area contributed by atoms with Gasteiger partial charge in [0.05, 0.1) is 10.7 Å². The number of pyridine rings is 1. The number of carbonyl (C=O) groups is 1. The van der Waals surface area contributed by atoms with Gasteiger partial charge in [-0.05, 0) is 31.8 Å². The molecule has 3 rings (SSSR count). The Morgan fingerprint density at radius 3 is 2.36 bits per heavy atom. The van der Waals surface area contributed by atoms with Crippen LogP contribution in [0, 0.1) is 0 Å². The lowest BCUT2D eigenvalue weighted by molar-refractivity contribution is 0.103. The van der Waals surface area contributed by atoms with Gasteiger partial charge in [-0.2, -0.15) is 0 Å². The number of ketones is 1. The molecule has 0 atom stereocenters. The summed E-state index contributed by atoms with van der Waals surface area (Å²) in [7, 11) is 4.05. The molecule has 0 bridgehead atoms. The summed E-state index contributed by atoms with van der Waals surface area (Å²) in [5, 5.41) is 0.364. The van der Waals surface area contributed by atoms with E-state index in [1.807, 2.05) is 56.6 Å². The average Bonchev–Trinajstić information content (AvgIpc) is 2.62. The highest BCUT2D eigenvalue weighted by Crippen LogP contribution is 2.26. The van der Waals surface area contributed by atoms with Crippen molar-refractivity contribution in [2.24, 2.45) is 0 Å². The topological polar surface area (TPSA) is 33.2 Å². The second-order valence-corrected chi connectivity index (χ2v) is 6.52. The van der Waals surface area contributed by atoms with Gasteiger partial charge in [-0.3, -0.25) is 4.79 Å². The third-order valence-electron chi connectivity index (χ3n) is 3.88. The van der Waals surface area contributed by atoms with Crippen LogP contribution in [0.2, 0.25) is 5.02 Å². The molecule has 0 unspecified atom stereocenters. The highest BCUT2D eigenvalue weighted by atomic mass is 35.5. The van der Waals surface area contributed by atoms with Crippen molar-refractivity contribution in [1.82, 2.24) is 9.88 Å². The molecule has 126 valence electrons. The zero-order chi connectivity index (χ0) is 17.8. The maximum Gasteiger partial charge on any atom is 0.212 e. The Hall–Kier alpha value is -2.49. The maximum absolute atomic E-state index is 12.8. The van der Waals surface area contributed by atoms with E-state index in [2.05, 4.69) is 16.0 Å². The molecule has 0 radical (unpaired) electrons. The summed E-state index contributed by atoms with van der Waals surface area (Å²) in [4.78, 5) is 19.4. The lowest BCUT2D eigenvalue weighted by Crippen LogP contribution is -2.12. The van der Waals surface area contributed by atoms with Crippen LogP contribution in [0.25, 0.3) is 11.3 Å². The molecular weight excluding hydrogens is 332 g/mol. The largest absolute Gasteiger partial charge is 0.305 e. The molecule has 1 aromatic heterocycles. The Morgan fingerprint density at radius 1 is 0.960 bits per heavy atom. The number of nitrogens with zero attached hydrogens (tertiary/aromatic N) is 2. The van der Waals surface area contributed by atoms with Crippen LogP contribution in [0.5, 0.6) is 0 Å². The average molecular weight is 351 g/mol. The molecular formula is C21H19ClN2O. The third-order valence-corrected chi connectivity index (χ3v) is 4.18. The van der Waals surface area contributed by atoms with Crippen LogP contribution in [0.4, 0.5) is 0 Å². The highest BCUT2D eigenvalue weighted by molar-refractivity contribution is 6.34. The molecule has 3 aromatic rings. The standard InChI is InChI=1S/C21H19ClN2O/c1-24(2)14-16-10-6-7-11-17(16)19-13-12-18(22)20(23-19)21(25)15-8-4-3-5-9-15/h3-13H,14H2,1-2H3. The Labute approximate surface area is 152 Å². The highest BCUT2D eigenvalue weighted by Gasteiger charge is 2.16. The second-order valence-electron chi connectivity index (χ2n) is 6.12. The van der Waals surface area contributed by atoms with E-state index in [-0.39, 0.29) is 11.5 Å². The van der Waals surface area contributed by atoms with Gasteiger partial charge in [0.15, 0.2) is 0 Å². The first kappa shape index (κ1) is 17.3. The summed E-state index contributed by atoms with van der Waals surface area (Å²) in [5.74, 6) is -0.169. The number of benzene rings is 2. The molecule has 0 saturated carbocycles. The molecule has 0 aliphatic carbocycles. The first-order valence-corrected chi connectivity index (χ1v) is 8.43.